The van der Waals surface area contributed by atoms with E-state index in [-0.39, 0.29) is 12.1 Å². The van der Waals surface area contributed by atoms with Gasteiger partial charge < -0.3 is 20.7 Å². The molecule has 1 aromatic carbocycles. The molecule has 0 atom stereocenters. The second-order valence-electron chi connectivity index (χ2n) is 10.1. The number of anilines is 3. The number of nitro benzene ring substituents is 1. The van der Waals surface area contributed by atoms with Gasteiger partial charge in [-0.1, -0.05) is 0 Å². The molecule has 4 rings (SSSR count). The van der Waals surface area contributed by atoms with E-state index in [0.717, 1.165) is 37.8 Å². The van der Waals surface area contributed by atoms with Crippen LogP contribution in [0.3, 0.4) is 0 Å². The van der Waals surface area contributed by atoms with E-state index in [1.54, 1.807) is 18.5 Å². The topological polar surface area (TPSA) is 144 Å². The summed E-state index contributed by atoms with van der Waals surface area (Å²) >= 11 is 0. The fourth-order valence-corrected chi connectivity index (χ4v) is 4.24. The lowest BCUT2D eigenvalue weighted by molar-refractivity contribution is -0.387. The molecule has 1 saturated carbocycles. The third kappa shape index (κ3) is 7.11. The smallest absolute Gasteiger partial charge is 0.407 e. The monoisotopic (exact) mass is 523 g/mol. The van der Waals surface area contributed by atoms with E-state index in [2.05, 4.69) is 30.9 Å². The van der Waals surface area contributed by atoms with Gasteiger partial charge in [0, 0.05) is 53.9 Å². The van der Waals surface area contributed by atoms with Crippen molar-refractivity contribution < 1.29 is 18.8 Å². The molecule has 0 saturated heterocycles. The summed E-state index contributed by atoms with van der Waals surface area (Å²) in [6.45, 7) is 5.51. The summed E-state index contributed by atoms with van der Waals surface area (Å²) in [6, 6.07) is 7.40. The van der Waals surface area contributed by atoms with Crippen molar-refractivity contribution in [1.29, 1.82) is 0 Å². The zero-order chi connectivity index (χ0) is 27.3. The van der Waals surface area contributed by atoms with Crippen LogP contribution in [0.15, 0.2) is 49.1 Å². The van der Waals surface area contributed by atoms with Crippen LogP contribution < -0.4 is 16.0 Å². The molecule has 0 radical (unpaired) electrons. The number of carbonyl (C=O) groups excluding carboxylic acids is 1. The number of halogens is 1. The fraction of sp³-hybridized carbons (Fsp3) is 0.385. The van der Waals surface area contributed by atoms with Crippen molar-refractivity contribution in [1.82, 2.24) is 20.3 Å². The summed E-state index contributed by atoms with van der Waals surface area (Å²) in [5.41, 5.74) is 1.08. The number of hydrogen-bond donors (Lipinski definition) is 3. The van der Waals surface area contributed by atoms with Gasteiger partial charge >= 0.3 is 11.8 Å². The van der Waals surface area contributed by atoms with Gasteiger partial charge in [-0.25, -0.2) is 14.8 Å². The Labute approximate surface area is 219 Å². The van der Waals surface area contributed by atoms with E-state index in [0.29, 0.717) is 28.5 Å². The van der Waals surface area contributed by atoms with Crippen molar-refractivity contribution in [2.75, 3.05) is 10.6 Å². The summed E-state index contributed by atoms with van der Waals surface area (Å²) in [6.07, 6.45) is 7.61. The molecule has 0 bridgehead atoms. The van der Waals surface area contributed by atoms with E-state index < -0.39 is 28.1 Å². The summed E-state index contributed by atoms with van der Waals surface area (Å²) < 4.78 is 19.5. The van der Waals surface area contributed by atoms with Gasteiger partial charge in [0.1, 0.15) is 17.7 Å². The molecule has 11 nitrogen and oxygen atoms in total. The number of hydrogen-bond acceptors (Lipinski definition) is 9. The van der Waals surface area contributed by atoms with Crippen LogP contribution in [-0.2, 0) is 4.74 Å². The van der Waals surface area contributed by atoms with Gasteiger partial charge in [0.05, 0.1) is 16.3 Å². The quantitative estimate of drug-likeness (QED) is 0.267. The van der Waals surface area contributed by atoms with Crippen molar-refractivity contribution in [3.63, 3.8) is 0 Å². The molecule has 3 aromatic rings. The van der Waals surface area contributed by atoms with Crippen LogP contribution in [0.25, 0.3) is 11.3 Å². The highest BCUT2D eigenvalue weighted by Gasteiger charge is 2.25. The fourth-order valence-electron chi connectivity index (χ4n) is 4.24. The van der Waals surface area contributed by atoms with E-state index in [1.165, 1.54) is 12.4 Å². The minimum absolute atomic E-state index is 0.0668. The predicted molar refractivity (Wildman–Crippen MR) is 141 cm³/mol. The van der Waals surface area contributed by atoms with Crippen molar-refractivity contribution in [2.24, 2.45) is 0 Å². The minimum atomic E-state index is -0.930. The zero-order valence-electron chi connectivity index (χ0n) is 21.4. The number of nitrogens with one attached hydrogen (secondary N) is 3. The lowest BCUT2D eigenvalue weighted by Gasteiger charge is -2.30. The first-order chi connectivity index (χ1) is 18.1. The molecule has 1 fully saturated rings. The lowest BCUT2D eigenvalue weighted by Crippen LogP contribution is -2.42. The molecule has 12 heteroatoms. The summed E-state index contributed by atoms with van der Waals surface area (Å²) in [7, 11) is 0. The number of nitro groups is 1. The van der Waals surface area contributed by atoms with Crippen LogP contribution in [-0.4, -0.2) is 43.7 Å². The molecule has 0 aliphatic heterocycles. The largest absolute Gasteiger partial charge is 0.444 e. The first-order valence-corrected chi connectivity index (χ1v) is 12.3. The van der Waals surface area contributed by atoms with Crippen molar-refractivity contribution in [3.05, 3.63) is 65.0 Å². The molecule has 0 unspecified atom stereocenters. The number of nitrogens with zero attached hydrogens (tertiary/aromatic N) is 4. The molecule has 38 heavy (non-hydrogen) atoms. The molecule has 2 heterocycles. The van der Waals surface area contributed by atoms with Crippen molar-refractivity contribution in [2.45, 2.75) is 64.1 Å². The number of carbonyl (C=O) groups is 1. The van der Waals surface area contributed by atoms with E-state index in [1.807, 2.05) is 26.8 Å². The number of rotatable bonds is 7. The Bertz CT molecular complexity index is 1310. The average Bonchev–Trinajstić information content (AvgIpc) is 2.84. The van der Waals surface area contributed by atoms with Crippen LogP contribution in [0.1, 0.15) is 46.5 Å². The summed E-state index contributed by atoms with van der Waals surface area (Å²) in [4.78, 5) is 35.1. The molecule has 1 amide bonds. The van der Waals surface area contributed by atoms with E-state index in [9.17, 15) is 19.3 Å². The van der Waals surface area contributed by atoms with Crippen LogP contribution in [0.4, 0.5) is 32.1 Å². The van der Waals surface area contributed by atoms with Gasteiger partial charge in [0.2, 0.25) is 5.82 Å². The molecular formula is C26H30FN7O4. The highest BCUT2D eigenvalue weighted by Crippen LogP contribution is 2.31. The van der Waals surface area contributed by atoms with Gasteiger partial charge in [-0.15, -0.1) is 0 Å². The predicted octanol–water partition coefficient (Wildman–Crippen LogP) is 5.58. The maximum atomic E-state index is 14.1. The van der Waals surface area contributed by atoms with Crippen LogP contribution in [0, 0.1) is 15.9 Å². The highest BCUT2D eigenvalue weighted by atomic mass is 19.1. The Morgan fingerprint density at radius 3 is 2.53 bits per heavy atom. The number of ether oxygens (including phenoxy) is 1. The number of alkyl carbamates (subject to hydrolysis) is 1. The van der Waals surface area contributed by atoms with E-state index >= 15 is 0 Å². The first kappa shape index (κ1) is 26.7. The normalized spacial score (nSPS) is 17.4. The van der Waals surface area contributed by atoms with Crippen molar-refractivity contribution >= 4 is 29.0 Å². The average molecular weight is 524 g/mol. The summed E-state index contributed by atoms with van der Waals surface area (Å²) in [5, 5.41) is 20.4. The SMILES string of the molecule is CC(C)(C)OC(=O)NC1CCC(Nc2cc(-c3cnccc3Nc3ccc([N+](=O)[O-])c(F)c3)ncn2)CC1. The van der Waals surface area contributed by atoms with Gasteiger partial charge in [-0.2, -0.15) is 4.39 Å². The summed E-state index contributed by atoms with van der Waals surface area (Å²) in [5.74, 6) is -0.283. The molecular weight excluding hydrogens is 493 g/mol. The van der Waals surface area contributed by atoms with Gasteiger partial charge in [-0.3, -0.25) is 15.1 Å². The third-order valence-corrected chi connectivity index (χ3v) is 5.99. The third-order valence-electron chi connectivity index (χ3n) is 5.99. The van der Waals surface area contributed by atoms with Gasteiger partial charge in [0.25, 0.3) is 0 Å². The minimum Gasteiger partial charge on any atom is -0.444 e. The van der Waals surface area contributed by atoms with E-state index in [4.69, 9.17) is 4.74 Å². The lowest BCUT2D eigenvalue weighted by atomic mass is 9.91. The maximum Gasteiger partial charge on any atom is 0.407 e. The Morgan fingerprint density at radius 2 is 1.84 bits per heavy atom. The van der Waals surface area contributed by atoms with Crippen LogP contribution in [0.2, 0.25) is 0 Å². The number of aromatic nitrogens is 3. The maximum absolute atomic E-state index is 14.1. The van der Waals surface area contributed by atoms with Gasteiger partial charge in [-0.05, 0) is 58.6 Å². The van der Waals surface area contributed by atoms with Gasteiger partial charge in [0.15, 0.2) is 0 Å². The number of benzene rings is 1. The standard InChI is InChI=1S/C26H30FN7O4/c1-26(2,3)38-25(35)33-17-6-4-16(5-7-17)32-24-13-22(29-15-30-24)19-14-28-11-10-21(19)31-18-8-9-23(34(36)37)20(27)12-18/h8-17H,4-7H2,1-3H3,(H,28,31)(H,33,35)(H,29,30,32). The molecule has 3 N–H and O–H groups in total. The Balaban J connectivity index is 1.40. The molecule has 2 aromatic heterocycles. The number of pyridine rings is 1. The zero-order valence-corrected chi connectivity index (χ0v) is 21.4. The highest BCUT2D eigenvalue weighted by molar-refractivity contribution is 5.79. The Hall–Kier alpha value is -4.35. The Kier molecular flexibility index (Phi) is 7.99. The van der Waals surface area contributed by atoms with Crippen LogP contribution in [0.5, 0.6) is 0 Å². The molecule has 0 spiro atoms. The van der Waals surface area contributed by atoms with Crippen molar-refractivity contribution in [3.8, 4) is 11.3 Å². The second kappa shape index (κ2) is 11.4. The molecule has 200 valence electrons. The molecule has 1 aliphatic carbocycles. The Morgan fingerprint density at radius 1 is 1.11 bits per heavy atom. The number of amides is 1. The second-order valence-corrected chi connectivity index (χ2v) is 10.1. The first-order valence-electron chi connectivity index (χ1n) is 12.3. The molecule has 1 aliphatic rings. The van der Waals surface area contributed by atoms with Crippen LogP contribution >= 0.6 is 0 Å².